The highest BCUT2D eigenvalue weighted by atomic mass is 35.5. The van der Waals surface area contributed by atoms with Gasteiger partial charge in [0, 0.05) is 5.02 Å². The summed E-state index contributed by atoms with van der Waals surface area (Å²) in [7, 11) is 0. The molecule has 2 nitrogen and oxygen atoms in total. The lowest BCUT2D eigenvalue weighted by atomic mass is 10.1. The van der Waals surface area contributed by atoms with Gasteiger partial charge >= 0.3 is 0 Å². The highest BCUT2D eigenvalue weighted by molar-refractivity contribution is 6.31. The molecule has 0 aromatic heterocycles. The van der Waals surface area contributed by atoms with Crippen molar-refractivity contribution in [3.63, 3.8) is 0 Å². The fourth-order valence-corrected chi connectivity index (χ4v) is 2.33. The van der Waals surface area contributed by atoms with Crippen LogP contribution in [0.25, 0.3) is 0 Å². The second-order valence-corrected chi connectivity index (χ2v) is 5.42. The molecule has 0 saturated carbocycles. The number of ketones is 1. The molecule has 0 heterocycles. The van der Waals surface area contributed by atoms with Crippen molar-refractivity contribution in [2.24, 2.45) is 0 Å². The van der Waals surface area contributed by atoms with Gasteiger partial charge in [0.2, 0.25) is 0 Å². The Balaban J connectivity index is 1.80. The summed E-state index contributed by atoms with van der Waals surface area (Å²) >= 11 is 5.90. The summed E-state index contributed by atoms with van der Waals surface area (Å²) in [6, 6.07) is 15.6. The van der Waals surface area contributed by atoms with E-state index in [0.29, 0.717) is 22.9 Å². The summed E-state index contributed by atoms with van der Waals surface area (Å²) in [5, 5.41) is 0.552. The minimum absolute atomic E-state index is 0.0308. The van der Waals surface area contributed by atoms with Crippen LogP contribution in [-0.4, -0.2) is 12.4 Å². The van der Waals surface area contributed by atoms with Gasteiger partial charge in [-0.3, -0.25) is 4.79 Å². The number of carbonyl (C=O) groups excluding carboxylic acids is 1. The van der Waals surface area contributed by atoms with Gasteiger partial charge in [-0.25, -0.2) is 0 Å². The predicted molar refractivity (Wildman–Crippen MR) is 86.3 cm³/mol. The first kappa shape index (κ1) is 15.6. The zero-order valence-electron chi connectivity index (χ0n) is 12.1. The van der Waals surface area contributed by atoms with Crippen LogP contribution in [0.5, 0.6) is 5.75 Å². The van der Waals surface area contributed by atoms with Gasteiger partial charge in [-0.15, -0.1) is 0 Å². The van der Waals surface area contributed by atoms with Crippen molar-refractivity contribution in [2.75, 3.05) is 6.61 Å². The van der Waals surface area contributed by atoms with Crippen LogP contribution < -0.4 is 4.74 Å². The number of aryl methyl sites for hydroxylation is 1. The van der Waals surface area contributed by atoms with Gasteiger partial charge in [0.25, 0.3) is 0 Å². The molecule has 0 bridgehead atoms. The van der Waals surface area contributed by atoms with Crippen molar-refractivity contribution in [3.8, 4) is 5.75 Å². The van der Waals surface area contributed by atoms with E-state index in [-0.39, 0.29) is 5.78 Å². The second kappa shape index (κ2) is 7.84. The first-order chi connectivity index (χ1) is 10.2. The second-order valence-electron chi connectivity index (χ2n) is 4.99. The van der Waals surface area contributed by atoms with Crippen LogP contribution in [0, 0.1) is 0 Å². The number of halogens is 1. The van der Waals surface area contributed by atoms with Crippen LogP contribution in [0.1, 0.15) is 35.7 Å². The Bertz CT molecular complexity index is 593. The van der Waals surface area contributed by atoms with Gasteiger partial charge in [0.15, 0.2) is 5.78 Å². The molecule has 0 aliphatic heterocycles. The van der Waals surface area contributed by atoms with E-state index < -0.39 is 0 Å². The molecule has 110 valence electrons. The number of hydrogen-bond acceptors (Lipinski definition) is 2. The van der Waals surface area contributed by atoms with Crippen molar-refractivity contribution in [1.29, 1.82) is 0 Å². The van der Waals surface area contributed by atoms with E-state index in [0.717, 1.165) is 19.3 Å². The summed E-state index contributed by atoms with van der Waals surface area (Å²) in [4.78, 5) is 11.6. The van der Waals surface area contributed by atoms with Crippen molar-refractivity contribution in [1.82, 2.24) is 0 Å². The average Bonchev–Trinajstić information content (AvgIpc) is 2.49. The van der Waals surface area contributed by atoms with Crippen LogP contribution in [0.15, 0.2) is 48.5 Å². The maximum absolute atomic E-state index is 11.6. The van der Waals surface area contributed by atoms with E-state index in [1.165, 1.54) is 12.5 Å². The van der Waals surface area contributed by atoms with Crippen LogP contribution in [0.4, 0.5) is 0 Å². The Labute approximate surface area is 130 Å². The fraction of sp³-hybridized carbons (Fsp3) is 0.278. The van der Waals surface area contributed by atoms with E-state index in [2.05, 4.69) is 24.3 Å². The number of rotatable bonds is 7. The van der Waals surface area contributed by atoms with Gasteiger partial charge in [0.05, 0.1) is 12.2 Å². The molecule has 0 saturated heterocycles. The van der Waals surface area contributed by atoms with E-state index in [1.807, 2.05) is 6.07 Å². The van der Waals surface area contributed by atoms with Crippen LogP contribution in [0.3, 0.4) is 0 Å². The topological polar surface area (TPSA) is 26.3 Å². The van der Waals surface area contributed by atoms with Crippen LogP contribution >= 0.6 is 11.6 Å². The molecule has 2 aromatic carbocycles. The van der Waals surface area contributed by atoms with Crippen molar-refractivity contribution < 1.29 is 9.53 Å². The van der Waals surface area contributed by atoms with Crippen molar-refractivity contribution in [2.45, 2.75) is 26.2 Å². The Morgan fingerprint density at radius 1 is 1.10 bits per heavy atom. The lowest BCUT2D eigenvalue weighted by Crippen LogP contribution is -2.03. The number of Topliss-reactive ketones (excluding diaryl/α,β-unsaturated/α-hetero) is 1. The normalized spacial score (nSPS) is 10.4. The maximum Gasteiger partial charge on any atom is 0.163 e. The third kappa shape index (κ3) is 4.91. The fourth-order valence-electron chi connectivity index (χ4n) is 2.16. The standard InChI is InChI=1S/C18H19ClO2/c1-14(20)17-13-16(19)10-11-18(17)21-12-6-5-9-15-7-3-2-4-8-15/h2-4,7-8,10-11,13H,5-6,9,12H2,1H3. The maximum atomic E-state index is 11.6. The minimum Gasteiger partial charge on any atom is -0.493 e. The van der Waals surface area contributed by atoms with Gasteiger partial charge in [0.1, 0.15) is 5.75 Å². The lowest BCUT2D eigenvalue weighted by Gasteiger charge is -2.10. The van der Waals surface area contributed by atoms with E-state index in [4.69, 9.17) is 16.3 Å². The summed E-state index contributed by atoms with van der Waals surface area (Å²) in [5.41, 5.74) is 1.89. The molecule has 0 unspecified atom stereocenters. The SMILES string of the molecule is CC(=O)c1cc(Cl)ccc1OCCCCc1ccccc1. The first-order valence-electron chi connectivity index (χ1n) is 7.14. The minimum atomic E-state index is -0.0308. The number of benzene rings is 2. The van der Waals surface area contributed by atoms with Gasteiger partial charge in [-0.2, -0.15) is 0 Å². The summed E-state index contributed by atoms with van der Waals surface area (Å²) in [6.07, 6.45) is 3.06. The summed E-state index contributed by atoms with van der Waals surface area (Å²) < 4.78 is 5.71. The monoisotopic (exact) mass is 302 g/mol. The first-order valence-corrected chi connectivity index (χ1v) is 7.52. The number of carbonyl (C=O) groups is 1. The molecule has 0 aliphatic rings. The highest BCUT2D eigenvalue weighted by Crippen LogP contribution is 2.23. The quantitative estimate of drug-likeness (QED) is 0.534. The van der Waals surface area contributed by atoms with Crippen LogP contribution in [0.2, 0.25) is 5.02 Å². The Morgan fingerprint density at radius 2 is 1.86 bits per heavy atom. The van der Waals surface area contributed by atoms with Crippen molar-refractivity contribution in [3.05, 3.63) is 64.7 Å². The zero-order chi connectivity index (χ0) is 15.1. The molecule has 0 fully saturated rings. The Morgan fingerprint density at radius 3 is 2.57 bits per heavy atom. The molecule has 0 spiro atoms. The molecule has 0 aliphatic carbocycles. The van der Waals surface area contributed by atoms with Gasteiger partial charge < -0.3 is 4.74 Å². The largest absolute Gasteiger partial charge is 0.493 e. The van der Waals surface area contributed by atoms with E-state index in [9.17, 15) is 4.79 Å². The number of ether oxygens (including phenoxy) is 1. The molecule has 0 radical (unpaired) electrons. The van der Waals surface area contributed by atoms with Crippen LogP contribution in [-0.2, 0) is 6.42 Å². The molecule has 0 N–H and O–H groups in total. The molecule has 2 aromatic rings. The highest BCUT2D eigenvalue weighted by Gasteiger charge is 2.09. The number of unbranched alkanes of at least 4 members (excludes halogenated alkanes) is 1. The third-order valence-corrected chi connectivity index (χ3v) is 3.52. The van der Waals surface area contributed by atoms with Gasteiger partial charge in [-0.05, 0) is 49.9 Å². The third-order valence-electron chi connectivity index (χ3n) is 3.28. The summed E-state index contributed by atoms with van der Waals surface area (Å²) in [6.45, 7) is 2.13. The number of hydrogen-bond donors (Lipinski definition) is 0. The van der Waals surface area contributed by atoms with Crippen molar-refractivity contribution >= 4 is 17.4 Å². The van der Waals surface area contributed by atoms with E-state index >= 15 is 0 Å². The molecule has 2 rings (SSSR count). The Hall–Kier alpha value is -1.80. The molecular weight excluding hydrogens is 284 g/mol. The molecular formula is C18H19ClO2. The molecule has 3 heteroatoms. The summed E-state index contributed by atoms with van der Waals surface area (Å²) in [5.74, 6) is 0.586. The lowest BCUT2D eigenvalue weighted by molar-refractivity contribution is 0.101. The Kier molecular flexibility index (Phi) is 5.82. The van der Waals surface area contributed by atoms with Gasteiger partial charge in [-0.1, -0.05) is 41.9 Å². The zero-order valence-corrected chi connectivity index (χ0v) is 12.9. The smallest absolute Gasteiger partial charge is 0.163 e. The predicted octanol–water partition coefficient (Wildman–Crippen LogP) is 4.94. The molecule has 0 atom stereocenters. The molecule has 21 heavy (non-hydrogen) atoms. The average molecular weight is 303 g/mol. The van der Waals surface area contributed by atoms with E-state index in [1.54, 1.807) is 18.2 Å². The molecule has 0 amide bonds.